The van der Waals surface area contributed by atoms with E-state index in [-0.39, 0.29) is 5.91 Å². The molecule has 0 saturated carbocycles. The second-order valence-corrected chi connectivity index (χ2v) is 10.6. The number of rotatable bonds is 14. The van der Waals surface area contributed by atoms with Gasteiger partial charge in [0, 0.05) is 68.0 Å². The Kier molecular flexibility index (Phi) is 11.4. The molecule has 1 unspecified atom stereocenters. The third-order valence-corrected chi connectivity index (χ3v) is 7.13. The molecule has 196 valence electrons. The van der Waals surface area contributed by atoms with Gasteiger partial charge >= 0.3 is 0 Å². The summed E-state index contributed by atoms with van der Waals surface area (Å²) < 4.78 is 19.1. The molecule has 1 amide bonds. The van der Waals surface area contributed by atoms with Gasteiger partial charge in [0.25, 0.3) is 5.91 Å². The van der Waals surface area contributed by atoms with Gasteiger partial charge in [-0.2, -0.15) is 0 Å². The Morgan fingerprint density at radius 1 is 1.22 bits per heavy atom. The molecule has 2 rings (SSSR count). The van der Waals surface area contributed by atoms with Crippen LogP contribution < -0.4 is 4.72 Å². The molecule has 36 heavy (non-hydrogen) atoms. The number of allylic oxidation sites excluding steroid dienone is 4. The van der Waals surface area contributed by atoms with Crippen LogP contribution in [-0.4, -0.2) is 52.1 Å². The lowest BCUT2D eigenvalue weighted by Crippen LogP contribution is -2.27. The maximum atomic E-state index is 13.1. The highest BCUT2D eigenvalue weighted by Gasteiger charge is 2.20. The van der Waals surface area contributed by atoms with Crippen LogP contribution in [0.4, 0.5) is 0 Å². The van der Waals surface area contributed by atoms with E-state index in [9.17, 15) is 9.00 Å². The normalized spacial score (nSPS) is 12.9. The van der Waals surface area contributed by atoms with Crippen LogP contribution in [0.5, 0.6) is 0 Å². The summed E-state index contributed by atoms with van der Waals surface area (Å²) in [6, 6.07) is 6.24. The second-order valence-electron chi connectivity index (χ2n) is 9.22. The van der Waals surface area contributed by atoms with Crippen LogP contribution in [0.2, 0.25) is 0 Å². The Bertz CT molecular complexity index is 1170. The fraction of sp³-hybridized carbons (Fsp3) is 0.414. The average molecular weight is 511 g/mol. The number of hydrogen-bond donors (Lipinski definition) is 1. The summed E-state index contributed by atoms with van der Waals surface area (Å²) in [7, 11) is 7.07. The lowest BCUT2D eigenvalue weighted by molar-refractivity contribution is -0.124. The maximum absolute atomic E-state index is 13.1. The second kappa shape index (κ2) is 14.0. The smallest absolute Gasteiger partial charge is 0.250 e. The molecule has 7 heteroatoms. The summed E-state index contributed by atoms with van der Waals surface area (Å²) in [5, 5.41) is 1.18. The van der Waals surface area contributed by atoms with Crippen LogP contribution in [0, 0.1) is 0 Å². The van der Waals surface area contributed by atoms with Crippen LogP contribution in [0.25, 0.3) is 16.6 Å². The summed E-state index contributed by atoms with van der Waals surface area (Å²) in [5.41, 5.74) is 5.73. The first-order chi connectivity index (χ1) is 17.2. The van der Waals surface area contributed by atoms with E-state index in [0.29, 0.717) is 25.1 Å². The molecule has 1 atom stereocenters. The molecule has 2 aromatic rings. The van der Waals surface area contributed by atoms with Crippen LogP contribution in [0.3, 0.4) is 0 Å². The molecule has 0 radical (unpaired) electrons. The van der Waals surface area contributed by atoms with Gasteiger partial charge in [0.1, 0.15) is 0 Å². The Morgan fingerprint density at radius 2 is 1.94 bits per heavy atom. The Hall–Kier alpha value is -2.90. The average Bonchev–Trinajstić information content (AvgIpc) is 3.13. The molecular formula is C29H42N4O2S. The van der Waals surface area contributed by atoms with E-state index >= 15 is 0 Å². The predicted molar refractivity (Wildman–Crippen MR) is 155 cm³/mol. The highest BCUT2D eigenvalue weighted by Crippen LogP contribution is 2.32. The van der Waals surface area contributed by atoms with E-state index in [4.69, 9.17) is 0 Å². The minimum Gasteiger partial charge on any atom is -0.345 e. The lowest BCUT2D eigenvalue weighted by Gasteiger charge is -2.18. The van der Waals surface area contributed by atoms with Crippen molar-refractivity contribution < 1.29 is 9.00 Å². The zero-order chi connectivity index (χ0) is 26.8. The van der Waals surface area contributed by atoms with Gasteiger partial charge in [-0.15, -0.1) is 6.58 Å². The summed E-state index contributed by atoms with van der Waals surface area (Å²) in [6.07, 6.45) is 12.6. The quantitative estimate of drug-likeness (QED) is 0.274. The van der Waals surface area contributed by atoms with Crippen molar-refractivity contribution in [3.8, 4) is 0 Å². The number of amides is 1. The molecule has 0 fully saturated rings. The van der Waals surface area contributed by atoms with Crippen molar-refractivity contribution in [1.82, 2.24) is 18.5 Å². The van der Waals surface area contributed by atoms with E-state index in [2.05, 4.69) is 41.5 Å². The number of aryl methyl sites for hydroxylation is 1. The van der Waals surface area contributed by atoms with Crippen molar-refractivity contribution in [2.75, 3.05) is 28.2 Å². The fourth-order valence-electron chi connectivity index (χ4n) is 4.12. The molecule has 1 aromatic carbocycles. The zero-order valence-electron chi connectivity index (χ0n) is 22.8. The number of nitrogens with zero attached hydrogens (tertiary/aromatic N) is 3. The highest BCUT2D eigenvalue weighted by atomic mass is 32.2. The molecule has 0 saturated heterocycles. The number of carbonyl (C=O) groups is 1. The Morgan fingerprint density at radius 3 is 2.53 bits per heavy atom. The third kappa shape index (κ3) is 7.31. The first-order valence-electron chi connectivity index (χ1n) is 12.5. The lowest BCUT2D eigenvalue weighted by atomic mass is 10.0. The van der Waals surface area contributed by atoms with Crippen molar-refractivity contribution in [2.24, 2.45) is 0 Å². The number of likely N-dealkylation sites (N-methyl/N-ethyl adjacent to an activating group) is 1. The van der Waals surface area contributed by atoms with Crippen LogP contribution >= 0.6 is 0 Å². The van der Waals surface area contributed by atoms with E-state index in [1.165, 1.54) is 16.6 Å². The van der Waals surface area contributed by atoms with Crippen molar-refractivity contribution in [1.29, 1.82) is 0 Å². The number of nitrogens with one attached hydrogen (secondary N) is 1. The van der Waals surface area contributed by atoms with Crippen LogP contribution in [-0.2, 0) is 35.4 Å². The van der Waals surface area contributed by atoms with Gasteiger partial charge in [0.05, 0.1) is 6.54 Å². The van der Waals surface area contributed by atoms with Crippen molar-refractivity contribution in [3.63, 3.8) is 0 Å². The third-order valence-electron chi connectivity index (χ3n) is 6.04. The van der Waals surface area contributed by atoms with Gasteiger partial charge in [0.15, 0.2) is 11.2 Å². The number of carbonyl (C=O) groups excluding carboxylic acids is 1. The molecule has 0 spiro atoms. The molecule has 1 N–H and O–H groups in total. The van der Waals surface area contributed by atoms with Gasteiger partial charge < -0.3 is 9.47 Å². The predicted octanol–water partition coefficient (Wildman–Crippen LogP) is 5.39. The Labute approximate surface area is 219 Å². The molecule has 1 aromatic heterocycles. The molecule has 0 aliphatic carbocycles. The molecule has 1 heterocycles. The standard InChI is InChI=1S/C29H42N4O2S/c1-9-12-14-16-24(29(34)31(5)6)21-33-27(15-11-3)25(17-13-10-2)26-19-18-23(20-28(26)33)22(4)30-36(35)32(7)8/h9,11-12,16,18-20,30H,3-4,10,13-15,17,21H2,1-2,5-8H3/b12-9-,24-16+. The Balaban J connectivity index is 2.72. The van der Waals surface area contributed by atoms with Crippen LogP contribution in [0.15, 0.2) is 61.2 Å². The van der Waals surface area contributed by atoms with Crippen molar-refractivity contribution in [3.05, 3.63) is 78.1 Å². The number of unbranched alkanes of at least 4 members (excludes halogenated alkanes) is 1. The summed E-state index contributed by atoms with van der Waals surface area (Å²) in [5.74, 6) is 0.00428. The molecule has 0 aliphatic rings. The van der Waals surface area contributed by atoms with Gasteiger partial charge in [-0.05, 0) is 37.8 Å². The largest absolute Gasteiger partial charge is 0.345 e. The summed E-state index contributed by atoms with van der Waals surface area (Å²) in [4.78, 5) is 14.8. The van der Waals surface area contributed by atoms with E-state index < -0.39 is 11.2 Å². The molecule has 0 bridgehead atoms. The number of aromatic nitrogens is 1. The number of benzene rings is 1. The summed E-state index contributed by atoms with van der Waals surface area (Å²) in [6.45, 7) is 12.8. The monoisotopic (exact) mass is 510 g/mol. The minimum atomic E-state index is -1.38. The summed E-state index contributed by atoms with van der Waals surface area (Å²) >= 11 is -1.38. The van der Waals surface area contributed by atoms with Gasteiger partial charge in [-0.3, -0.25) is 9.52 Å². The van der Waals surface area contributed by atoms with Crippen molar-refractivity contribution in [2.45, 2.75) is 52.5 Å². The first kappa shape index (κ1) is 29.3. The molecule has 6 nitrogen and oxygen atoms in total. The van der Waals surface area contributed by atoms with Gasteiger partial charge in [0.2, 0.25) is 0 Å². The first-order valence-corrected chi connectivity index (χ1v) is 13.6. The number of fused-ring (bicyclic) bond motifs is 1. The highest BCUT2D eigenvalue weighted by molar-refractivity contribution is 7.80. The fourth-order valence-corrected chi connectivity index (χ4v) is 4.64. The zero-order valence-corrected chi connectivity index (χ0v) is 23.6. The topological polar surface area (TPSA) is 57.6 Å². The minimum absolute atomic E-state index is 0.00428. The van der Waals surface area contributed by atoms with Crippen LogP contribution in [0.1, 0.15) is 49.9 Å². The van der Waals surface area contributed by atoms with Gasteiger partial charge in [-0.25, -0.2) is 8.51 Å². The number of hydrogen-bond acceptors (Lipinski definition) is 2. The maximum Gasteiger partial charge on any atom is 0.250 e. The van der Waals surface area contributed by atoms with E-state index in [1.54, 1.807) is 37.4 Å². The SMILES string of the molecule is C=CCc1c(CCCC)c2ccc(C(=C)NS(=O)N(C)C)cc2n1C/C(=C\C/C=C\C)C(=O)N(C)C. The van der Waals surface area contributed by atoms with Crippen molar-refractivity contribution >= 4 is 33.7 Å². The van der Waals surface area contributed by atoms with E-state index in [0.717, 1.165) is 35.9 Å². The van der Waals surface area contributed by atoms with E-state index in [1.807, 2.05) is 37.3 Å². The van der Waals surface area contributed by atoms with Gasteiger partial charge in [-0.1, -0.05) is 56.4 Å². The molecule has 0 aliphatic heterocycles. The molecular weight excluding hydrogens is 468 g/mol.